The van der Waals surface area contributed by atoms with Crippen molar-refractivity contribution in [3.63, 3.8) is 0 Å². The number of nitro benzene ring substituents is 1. The maximum atomic E-state index is 12.6. The van der Waals surface area contributed by atoms with Gasteiger partial charge in [-0.1, -0.05) is 23.7 Å². The molecule has 0 saturated heterocycles. The molecule has 158 valence electrons. The number of amides is 2. The molecule has 0 atom stereocenters. The van der Waals surface area contributed by atoms with Gasteiger partial charge in [-0.3, -0.25) is 19.7 Å². The van der Waals surface area contributed by atoms with Crippen LogP contribution in [0.5, 0.6) is 0 Å². The highest BCUT2D eigenvalue weighted by molar-refractivity contribution is 6.30. The molecule has 0 heterocycles. The SMILES string of the molecule is CN(C)CCCNC(=O)/C(=C\c1ccc(Cl)cc1)NC(=O)c1ccc([N+](=O)[O-])cc1. The molecule has 0 radical (unpaired) electrons. The van der Waals surface area contributed by atoms with E-state index >= 15 is 0 Å². The maximum absolute atomic E-state index is 12.6. The standard InChI is InChI=1S/C21H23ClN4O4/c1-25(2)13-3-12-23-21(28)19(14-15-4-8-17(22)9-5-15)24-20(27)16-6-10-18(11-7-16)26(29)30/h4-11,14H,3,12-13H2,1-2H3,(H,23,28)(H,24,27)/b19-14+. The molecule has 30 heavy (non-hydrogen) atoms. The summed E-state index contributed by atoms with van der Waals surface area (Å²) in [6, 6.07) is 11.9. The Kier molecular flexibility index (Phi) is 8.52. The molecule has 8 nitrogen and oxygen atoms in total. The minimum absolute atomic E-state index is 0.0607. The van der Waals surface area contributed by atoms with Gasteiger partial charge in [0.05, 0.1) is 4.92 Å². The van der Waals surface area contributed by atoms with Gasteiger partial charge in [0, 0.05) is 29.3 Å². The van der Waals surface area contributed by atoms with E-state index < -0.39 is 16.7 Å². The molecule has 0 bridgehead atoms. The summed E-state index contributed by atoms with van der Waals surface area (Å²) in [5, 5.41) is 16.7. The average molecular weight is 431 g/mol. The van der Waals surface area contributed by atoms with Crippen molar-refractivity contribution in [3.8, 4) is 0 Å². The van der Waals surface area contributed by atoms with Gasteiger partial charge < -0.3 is 15.5 Å². The largest absolute Gasteiger partial charge is 0.351 e. The second-order valence-electron chi connectivity index (χ2n) is 6.78. The number of halogens is 1. The van der Waals surface area contributed by atoms with Crippen LogP contribution in [0.2, 0.25) is 5.02 Å². The summed E-state index contributed by atoms with van der Waals surface area (Å²) >= 11 is 5.90. The van der Waals surface area contributed by atoms with E-state index in [-0.39, 0.29) is 16.9 Å². The predicted molar refractivity (Wildman–Crippen MR) is 116 cm³/mol. The minimum atomic E-state index is -0.548. The summed E-state index contributed by atoms with van der Waals surface area (Å²) in [4.78, 5) is 37.5. The van der Waals surface area contributed by atoms with Crippen LogP contribution in [-0.2, 0) is 4.79 Å². The molecule has 2 amide bonds. The molecule has 2 rings (SSSR count). The topological polar surface area (TPSA) is 105 Å². The van der Waals surface area contributed by atoms with Crippen LogP contribution in [0.1, 0.15) is 22.3 Å². The van der Waals surface area contributed by atoms with Gasteiger partial charge in [-0.25, -0.2) is 0 Å². The summed E-state index contributed by atoms with van der Waals surface area (Å²) in [6.07, 6.45) is 2.30. The van der Waals surface area contributed by atoms with Crippen LogP contribution < -0.4 is 10.6 Å². The lowest BCUT2D eigenvalue weighted by Crippen LogP contribution is -2.36. The highest BCUT2D eigenvalue weighted by Gasteiger charge is 2.15. The van der Waals surface area contributed by atoms with E-state index in [0.717, 1.165) is 13.0 Å². The smallest absolute Gasteiger partial charge is 0.269 e. The van der Waals surface area contributed by atoms with Crippen LogP contribution >= 0.6 is 11.6 Å². The van der Waals surface area contributed by atoms with Crippen molar-refractivity contribution in [3.05, 3.63) is 80.5 Å². The lowest BCUT2D eigenvalue weighted by Gasteiger charge is -2.13. The van der Waals surface area contributed by atoms with E-state index in [2.05, 4.69) is 10.6 Å². The first kappa shape index (κ1) is 23.1. The van der Waals surface area contributed by atoms with Crippen LogP contribution in [-0.4, -0.2) is 48.8 Å². The van der Waals surface area contributed by atoms with Crippen LogP contribution in [0.4, 0.5) is 5.69 Å². The number of nitrogens with zero attached hydrogens (tertiary/aromatic N) is 2. The molecule has 2 aromatic carbocycles. The predicted octanol–water partition coefficient (Wildman–Crippen LogP) is 3.09. The zero-order valence-electron chi connectivity index (χ0n) is 16.7. The zero-order chi connectivity index (χ0) is 22.1. The number of nitro groups is 1. The Morgan fingerprint density at radius 1 is 1.10 bits per heavy atom. The van der Waals surface area contributed by atoms with Crippen molar-refractivity contribution in [1.29, 1.82) is 0 Å². The second kappa shape index (κ2) is 11.1. The fourth-order valence-electron chi connectivity index (χ4n) is 2.51. The van der Waals surface area contributed by atoms with Crippen LogP contribution in [0.25, 0.3) is 6.08 Å². The molecule has 0 unspecified atom stereocenters. The molecular weight excluding hydrogens is 408 g/mol. The average Bonchev–Trinajstić information content (AvgIpc) is 2.72. The third-order valence-electron chi connectivity index (χ3n) is 4.08. The summed E-state index contributed by atoms with van der Waals surface area (Å²) in [7, 11) is 3.89. The highest BCUT2D eigenvalue weighted by Crippen LogP contribution is 2.14. The molecule has 0 spiro atoms. The van der Waals surface area contributed by atoms with Gasteiger partial charge in [0.2, 0.25) is 0 Å². The third-order valence-corrected chi connectivity index (χ3v) is 4.33. The van der Waals surface area contributed by atoms with Gasteiger partial charge in [-0.15, -0.1) is 0 Å². The number of non-ortho nitro benzene ring substituents is 1. The molecule has 0 fully saturated rings. The van der Waals surface area contributed by atoms with Gasteiger partial charge in [-0.2, -0.15) is 0 Å². The van der Waals surface area contributed by atoms with E-state index in [1.54, 1.807) is 30.3 Å². The van der Waals surface area contributed by atoms with Crippen molar-refractivity contribution >= 4 is 35.2 Å². The van der Waals surface area contributed by atoms with Crippen molar-refractivity contribution in [1.82, 2.24) is 15.5 Å². The molecule has 9 heteroatoms. The number of benzene rings is 2. The Hall–Kier alpha value is -3.23. The van der Waals surface area contributed by atoms with Crippen LogP contribution in [0.3, 0.4) is 0 Å². The zero-order valence-corrected chi connectivity index (χ0v) is 17.5. The van der Waals surface area contributed by atoms with Crippen molar-refractivity contribution in [2.45, 2.75) is 6.42 Å². The molecule has 0 aliphatic rings. The summed E-state index contributed by atoms with van der Waals surface area (Å²) < 4.78 is 0. The number of carbonyl (C=O) groups excluding carboxylic acids is 2. The monoisotopic (exact) mass is 430 g/mol. The van der Waals surface area contributed by atoms with Gasteiger partial charge in [0.25, 0.3) is 17.5 Å². The lowest BCUT2D eigenvalue weighted by atomic mass is 10.1. The highest BCUT2D eigenvalue weighted by atomic mass is 35.5. The molecule has 2 aromatic rings. The van der Waals surface area contributed by atoms with E-state index in [0.29, 0.717) is 17.1 Å². The quantitative estimate of drug-likeness (QED) is 0.275. The number of nitrogens with one attached hydrogen (secondary N) is 2. The van der Waals surface area contributed by atoms with Crippen molar-refractivity contribution < 1.29 is 14.5 Å². The lowest BCUT2D eigenvalue weighted by molar-refractivity contribution is -0.384. The van der Waals surface area contributed by atoms with Gasteiger partial charge >= 0.3 is 0 Å². The van der Waals surface area contributed by atoms with Gasteiger partial charge in [0.1, 0.15) is 5.70 Å². The number of hydrogen-bond acceptors (Lipinski definition) is 5. The van der Waals surface area contributed by atoms with Gasteiger partial charge in [-0.05, 0) is 63.0 Å². The third kappa shape index (κ3) is 7.31. The summed E-state index contributed by atoms with van der Waals surface area (Å²) in [5.74, 6) is -0.979. The second-order valence-corrected chi connectivity index (χ2v) is 7.22. The Morgan fingerprint density at radius 2 is 1.73 bits per heavy atom. The first-order valence-electron chi connectivity index (χ1n) is 9.22. The normalized spacial score (nSPS) is 11.3. The minimum Gasteiger partial charge on any atom is -0.351 e. The van der Waals surface area contributed by atoms with E-state index in [4.69, 9.17) is 11.6 Å². The van der Waals surface area contributed by atoms with Crippen molar-refractivity contribution in [2.24, 2.45) is 0 Å². The summed E-state index contributed by atoms with van der Waals surface area (Å²) in [6.45, 7) is 1.26. The molecule has 2 N–H and O–H groups in total. The Morgan fingerprint density at radius 3 is 2.30 bits per heavy atom. The fourth-order valence-corrected chi connectivity index (χ4v) is 2.63. The molecule has 0 aromatic heterocycles. The molecule has 0 aliphatic heterocycles. The number of carbonyl (C=O) groups is 2. The fraction of sp³-hybridized carbons (Fsp3) is 0.238. The number of hydrogen-bond donors (Lipinski definition) is 2. The van der Waals surface area contributed by atoms with E-state index in [1.165, 1.54) is 24.3 Å². The van der Waals surface area contributed by atoms with E-state index in [9.17, 15) is 19.7 Å². The van der Waals surface area contributed by atoms with Crippen LogP contribution in [0, 0.1) is 10.1 Å². The first-order valence-corrected chi connectivity index (χ1v) is 9.60. The van der Waals surface area contributed by atoms with E-state index in [1.807, 2.05) is 19.0 Å². The summed E-state index contributed by atoms with van der Waals surface area (Å²) in [5.41, 5.74) is 0.817. The van der Waals surface area contributed by atoms with Crippen LogP contribution in [0.15, 0.2) is 54.2 Å². The Balaban J connectivity index is 2.17. The first-order chi connectivity index (χ1) is 14.3. The van der Waals surface area contributed by atoms with Crippen molar-refractivity contribution in [2.75, 3.05) is 27.2 Å². The number of rotatable bonds is 9. The molecular formula is C21H23ClN4O4. The Bertz CT molecular complexity index is 925. The Labute approximate surface area is 179 Å². The molecule has 0 aliphatic carbocycles. The van der Waals surface area contributed by atoms with Gasteiger partial charge in [0.15, 0.2) is 0 Å². The maximum Gasteiger partial charge on any atom is 0.269 e. The molecule has 0 saturated carbocycles.